The molecule has 0 bridgehead atoms. The van der Waals surface area contributed by atoms with Crippen LogP contribution in [-0.4, -0.2) is 25.5 Å². The smallest absolute Gasteiger partial charge is 0.313 e. The van der Waals surface area contributed by atoms with E-state index in [0.717, 1.165) is 12.8 Å². The van der Waals surface area contributed by atoms with Crippen molar-refractivity contribution in [2.45, 2.75) is 26.2 Å². The molecule has 0 aromatic heterocycles. The number of rotatable bonds is 5. The molecule has 0 rings (SSSR count). The molecule has 0 radical (unpaired) electrons. The lowest BCUT2D eigenvalue weighted by molar-refractivity contribution is -0.142. The van der Waals surface area contributed by atoms with Crippen LogP contribution in [0.5, 0.6) is 0 Å². The predicted octanol–water partition coefficient (Wildman–Crippen LogP) is 1.13. The lowest BCUT2D eigenvalue weighted by atomic mass is 10.3. The fraction of sp³-hybridized carbons (Fsp3) is 0.750. The van der Waals surface area contributed by atoms with Crippen LogP contribution in [0.2, 0.25) is 0 Å². The van der Waals surface area contributed by atoms with Gasteiger partial charge in [0.15, 0.2) is 0 Å². The van der Waals surface area contributed by atoms with Crippen LogP contribution in [0.15, 0.2) is 4.99 Å². The second kappa shape index (κ2) is 9.32. The van der Waals surface area contributed by atoms with Gasteiger partial charge in [0.1, 0.15) is 12.3 Å². The highest BCUT2D eigenvalue weighted by atomic mass is 35.5. The summed E-state index contributed by atoms with van der Waals surface area (Å²) in [5, 5.41) is 0. The minimum atomic E-state index is -0.299. The topological polar surface area (TPSA) is 64.7 Å². The van der Waals surface area contributed by atoms with Crippen LogP contribution in [0.1, 0.15) is 26.2 Å². The van der Waals surface area contributed by atoms with E-state index >= 15 is 0 Å². The molecule has 0 saturated carbocycles. The minimum absolute atomic E-state index is 0. The Morgan fingerprint density at radius 2 is 2.15 bits per heavy atom. The zero-order valence-electron chi connectivity index (χ0n) is 8.08. The molecule has 0 fully saturated rings. The fourth-order valence-corrected chi connectivity index (χ4v) is 0.608. The number of carbonyl (C=O) groups excluding carboxylic acids is 1. The monoisotopic (exact) mass is 208 g/mol. The van der Waals surface area contributed by atoms with E-state index < -0.39 is 0 Å². The van der Waals surface area contributed by atoms with Crippen molar-refractivity contribution >= 4 is 24.2 Å². The predicted molar refractivity (Wildman–Crippen MR) is 55.3 cm³/mol. The van der Waals surface area contributed by atoms with E-state index in [2.05, 4.69) is 4.99 Å². The lowest BCUT2D eigenvalue weighted by Crippen LogP contribution is -2.18. The number of hydrogen-bond acceptors (Lipinski definition) is 3. The Balaban J connectivity index is 0. The number of carbonyl (C=O) groups is 1. The Hall–Kier alpha value is -0.770. The molecular weight excluding hydrogens is 192 g/mol. The van der Waals surface area contributed by atoms with Crippen LogP contribution in [0, 0.1) is 0 Å². The molecule has 78 valence electrons. The molecule has 0 heterocycles. The third-order valence-corrected chi connectivity index (χ3v) is 1.37. The summed E-state index contributed by atoms with van der Waals surface area (Å²) in [6.07, 6.45) is 2.01. The number of amidine groups is 1. The van der Waals surface area contributed by atoms with Gasteiger partial charge in [-0.2, -0.15) is 0 Å². The third-order valence-electron chi connectivity index (χ3n) is 1.37. The Bertz CT molecular complexity index is 172. The van der Waals surface area contributed by atoms with Gasteiger partial charge in [-0.25, -0.2) is 0 Å². The highest BCUT2D eigenvalue weighted by Crippen LogP contribution is 1.91. The number of unbranched alkanes of at least 4 members (excludes halogenated alkanes) is 1. The van der Waals surface area contributed by atoms with Crippen molar-refractivity contribution < 1.29 is 9.53 Å². The van der Waals surface area contributed by atoms with E-state index in [-0.39, 0.29) is 24.8 Å². The molecule has 0 unspecified atom stereocenters. The van der Waals surface area contributed by atoms with Gasteiger partial charge in [-0.3, -0.25) is 9.79 Å². The van der Waals surface area contributed by atoms with Crippen LogP contribution >= 0.6 is 12.4 Å². The minimum Gasteiger partial charge on any atom is -0.465 e. The van der Waals surface area contributed by atoms with Crippen molar-refractivity contribution in [2.75, 3.05) is 13.7 Å². The van der Waals surface area contributed by atoms with E-state index in [1.807, 2.05) is 6.92 Å². The van der Waals surface area contributed by atoms with Crippen LogP contribution < -0.4 is 5.73 Å². The van der Waals surface area contributed by atoms with Gasteiger partial charge >= 0.3 is 5.97 Å². The number of nitrogens with two attached hydrogens (primary N) is 1. The first-order valence-corrected chi connectivity index (χ1v) is 4.07. The van der Waals surface area contributed by atoms with Crippen molar-refractivity contribution in [2.24, 2.45) is 10.7 Å². The summed E-state index contributed by atoms with van der Waals surface area (Å²) in [5.74, 6) is 0.0167. The van der Waals surface area contributed by atoms with Gasteiger partial charge in [0.2, 0.25) is 0 Å². The molecule has 0 atom stereocenters. The van der Waals surface area contributed by atoms with Gasteiger partial charge < -0.3 is 10.5 Å². The molecule has 0 aromatic rings. The van der Waals surface area contributed by atoms with Gasteiger partial charge in [0.05, 0.1) is 6.61 Å². The summed E-state index contributed by atoms with van der Waals surface area (Å²) in [7, 11) is 1.55. The van der Waals surface area contributed by atoms with Crippen LogP contribution in [0.25, 0.3) is 0 Å². The van der Waals surface area contributed by atoms with E-state index in [0.29, 0.717) is 12.4 Å². The van der Waals surface area contributed by atoms with E-state index in [9.17, 15) is 4.79 Å². The average molecular weight is 209 g/mol. The standard InChI is InChI=1S/C8H16N2O2.ClH/c1-3-4-5-12-8(11)6-7(9)10-2;/h3-6H2,1-2H3,(H2,9,10);1H. The summed E-state index contributed by atoms with van der Waals surface area (Å²) >= 11 is 0. The number of nitrogens with zero attached hydrogens (tertiary/aromatic N) is 1. The highest BCUT2D eigenvalue weighted by Gasteiger charge is 2.03. The second-order valence-corrected chi connectivity index (χ2v) is 2.47. The van der Waals surface area contributed by atoms with Crippen LogP contribution in [0.4, 0.5) is 0 Å². The third kappa shape index (κ3) is 9.14. The van der Waals surface area contributed by atoms with Gasteiger partial charge in [0.25, 0.3) is 0 Å². The van der Waals surface area contributed by atoms with Gasteiger partial charge in [-0.15, -0.1) is 12.4 Å². The molecule has 0 aliphatic rings. The number of hydrogen-bond donors (Lipinski definition) is 1. The number of halogens is 1. The maximum absolute atomic E-state index is 10.9. The lowest BCUT2D eigenvalue weighted by Gasteiger charge is -2.02. The normalized spacial score (nSPS) is 10.5. The van der Waals surface area contributed by atoms with Crippen molar-refractivity contribution in [3.05, 3.63) is 0 Å². The molecule has 4 nitrogen and oxygen atoms in total. The molecule has 2 N–H and O–H groups in total. The maximum atomic E-state index is 10.9. The van der Waals surface area contributed by atoms with Gasteiger partial charge in [0, 0.05) is 7.05 Å². The fourth-order valence-electron chi connectivity index (χ4n) is 0.608. The molecule has 13 heavy (non-hydrogen) atoms. The molecule has 0 aromatic carbocycles. The quantitative estimate of drug-likeness (QED) is 0.319. The molecule has 0 spiro atoms. The first-order chi connectivity index (χ1) is 5.70. The average Bonchev–Trinajstić information content (AvgIpc) is 2.05. The highest BCUT2D eigenvalue weighted by molar-refractivity contribution is 5.96. The number of ether oxygens (including phenoxy) is 1. The molecular formula is C8H17ClN2O2. The largest absolute Gasteiger partial charge is 0.465 e. The van der Waals surface area contributed by atoms with Crippen LogP contribution in [0.3, 0.4) is 0 Å². The number of esters is 1. The summed E-state index contributed by atoms with van der Waals surface area (Å²) in [4.78, 5) is 14.6. The molecule has 0 amide bonds. The Labute approximate surface area is 85.0 Å². The molecule has 5 heteroatoms. The van der Waals surface area contributed by atoms with E-state index in [1.54, 1.807) is 7.05 Å². The Morgan fingerprint density at radius 3 is 2.62 bits per heavy atom. The first-order valence-electron chi connectivity index (χ1n) is 4.07. The first kappa shape index (κ1) is 14.7. The molecule has 0 aliphatic heterocycles. The van der Waals surface area contributed by atoms with Crippen molar-refractivity contribution in [1.82, 2.24) is 0 Å². The van der Waals surface area contributed by atoms with Crippen LogP contribution in [-0.2, 0) is 9.53 Å². The molecule has 0 aliphatic carbocycles. The summed E-state index contributed by atoms with van der Waals surface area (Å²) < 4.78 is 4.86. The SMILES string of the molecule is CCCCOC(=O)CC(N)=NC.Cl. The molecule has 0 saturated heterocycles. The zero-order valence-corrected chi connectivity index (χ0v) is 8.89. The zero-order chi connectivity index (χ0) is 9.40. The van der Waals surface area contributed by atoms with Gasteiger partial charge in [-0.05, 0) is 6.42 Å². The van der Waals surface area contributed by atoms with E-state index in [4.69, 9.17) is 10.5 Å². The summed E-state index contributed by atoms with van der Waals surface area (Å²) in [6.45, 7) is 2.52. The summed E-state index contributed by atoms with van der Waals surface area (Å²) in [5.41, 5.74) is 5.33. The van der Waals surface area contributed by atoms with Crippen molar-refractivity contribution in [3.63, 3.8) is 0 Å². The maximum Gasteiger partial charge on any atom is 0.313 e. The Kier molecular flexibility index (Phi) is 10.6. The van der Waals surface area contributed by atoms with Crippen molar-refractivity contribution in [3.8, 4) is 0 Å². The number of aliphatic imine (C=N–C) groups is 1. The van der Waals surface area contributed by atoms with Gasteiger partial charge in [-0.1, -0.05) is 13.3 Å². The van der Waals surface area contributed by atoms with E-state index in [1.165, 1.54) is 0 Å². The van der Waals surface area contributed by atoms with Crippen molar-refractivity contribution in [1.29, 1.82) is 0 Å². The summed E-state index contributed by atoms with van der Waals surface area (Å²) in [6, 6.07) is 0. The second-order valence-electron chi connectivity index (χ2n) is 2.47. The Morgan fingerprint density at radius 1 is 1.54 bits per heavy atom.